The van der Waals surface area contributed by atoms with Crippen molar-refractivity contribution in [2.45, 2.75) is 45.6 Å². The van der Waals surface area contributed by atoms with E-state index in [2.05, 4.69) is 21.7 Å². The van der Waals surface area contributed by atoms with Crippen LogP contribution in [0.15, 0.2) is 24.3 Å². The van der Waals surface area contributed by atoms with E-state index >= 15 is 0 Å². The molecule has 0 saturated carbocycles. The van der Waals surface area contributed by atoms with E-state index in [9.17, 15) is 19.6 Å². The molecule has 8 heteroatoms. The van der Waals surface area contributed by atoms with Crippen molar-refractivity contribution in [3.63, 3.8) is 0 Å². The van der Waals surface area contributed by atoms with Crippen LogP contribution < -0.4 is 10.6 Å². The number of fused-ring (bicyclic) bond motifs is 1. The zero-order valence-electron chi connectivity index (χ0n) is 17.7. The summed E-state index contributed by atoms with van der Waals surface area (Å²) < 4.78 is 0. The third kappa shape index (κ3) is 5.86. The van der Waals surface area contributed by atoms with Gasteiger partial charge in [-0.15, -0.1) is 0 Å². The minimum atomic E-state index is -0.763. The number of nitriles is 1. The van der Waals surface area contributed by atoms with Crippen molar-refractivity contribution in [2.75, 3.05) is 6.54 Å². The Morgan fingerprint density at radius 2 is 2.10 bits per heavy atom. The molecule has 31 heavy (non-hydrogen) atoms. The number of aromatic nitrogens is 1. The molecule has 0 bridgehead atoms. The molecule has 3 N–H and O–H groups in total. The number of benzene rings is 1. The Bertz CT molecular complexity index is 1020. The maximum absolute atomic E-state index is 12.9. The van der Waals surface area contributed by atoms with Crippen molar-refractivity contribution >= 4 is 40.1 Å². The van der Waals surface area contributed by atoms with Crippen LogP contribution in [0.25, 0.3) is 10.9 Å². The van der Waals surface area contributed by atoms with Gasteiger partial charge in [-0.3, -0.25) is 14.4 Å². The summed E-state index contributed by atoms with van der Waals surface area (Å²) in [7, 11) is 0. The molecule has 1 saturated heterocycles. The molecule has 1 aromatic carbocycles. The first-order valence-corrected chi connectivity index (χ1v) is 10.9. The van der Waals surface area contributed by atoms with Gasteiger partial charge in [0.2, 0.25) is 11.8 Å². The molecule has 0 radical (unpaired) electrons. The Morgan fingerprint density at radius 3 is 2.74 bits per heavy atom. The number of nitrogens with zero attached hydrogens (tertiary/aromatic N) is 1. The molecular weight excluding hydrogens is 416 g/mol. The van der Waals surface area contributed by atoms with Crippen molar-refractivity contribution < 1.29 is 14.4 Å². The second-order valence-corrected chi connectivity index (χ2v) is 9.01. The van der Waals surface area contributed by atoms with E-state index in [-0.39, 0.29) is 42.3 Å². The fourth-order valence-electron chi connectivity index (χ4n) is 4.02. The second kappa shape index (κ2) is 9.97. The lowest BCUT2D eigenvalue weighted by Crippen LogP contribution is -2.41. The Labute approximate surface area is 186 Å². The first-order chi connectivity index (χ1) is 14.8. The fourth-order valence-corrected chi connectivity index (χ4v) is 4.20. The van der Waals surface area contributed by atoms with Gasteiger partial charge in [-0.2, -0.15) is 5.26 Å². The van der Waals surface area contributed by atoms with Crippen LogP contribution in [0.4, 0.5) is 0 Å². The quantitative estimate of drug-likeness (QED) is 0.514. The third-order valence-corrected chi connectivity index (χ3v) is 5.83. The van der Waals surface area contributed by atoms with Crippen LogP contribution in [0.2, 0.25) is 5.02 Å². The van der Waals surface area contributed by atoms with Gasteiger partial charge < -0.3 is 15.6 Å². The van der Waals surface area contributed by atoms with E-state index in [1.165, 1.54) is 0 Å². The summed E-state index contributed by atoms with van der Waals surface area (Å²) in [5.41, 5.74) is 1.19. The van der Waals surface area contributed by atoms with Gasteiger partial charge in [0, 0.05) is 40.7 Å². The van der Waals surface area contributed by atoms with Crippen molar-refractivity contribution in [2.24, 2.45) is 17.8 Å². The van der Waals surface area contributed by atoms with Crippen molar-refractivity contribution in [1.82, 2.24) is 15.6 Å². The number of Topliss-reactive ketones (excluding diaryl/α,β-unsaturated/α-hetero) is 1. The van der Waals surface area contributed by atoms with Crippen LogP contribution in [0, 0.1) is 29.1 Å². The predicted molar refractivity (Wildman–Crippen MR) is 118 cm³/mol. The lowest BCUT2D eigenvalue weighted by molar-refractivity contribution is -0.127. The molecule has 3 atom stereocenters. The summed E-state index contributed by atoms with van der Waals surface area (Å²) >= 11 is 6.01. The Morgan fingerprint density at radius 1 is 1.32 bits per heavy atom. The van der Waals surface area contributed by atoms with Gasteiger partial charge in [0.1, 0.15) is 6.04 Å². The molecule has 0 spiro atoms. The molecule has 1 aliphatic heterocycles. The summed E-state index contributed by atoms with van der Waals surface area (Å²) in [4.78, 5) is 40.7. The number of carbonyl (C=O) groups excluding carboxylic acids is 3. The number of H-pyrrole nitrogens is 1. The number of aromatic amines is 1. The molecule has 1 aliphatic rings. The molecular formula is C23H27ClN4O3. The van der Waals surface area contributed by atoms with Gasteiger partial charge >= 0.3 is 0 Å². The highest BCUT2D eigenvalue weighted by Gasteiger charge is 2.30. The van der Waals surface area contributed by atoms with Crippen LogP contribution in [0.5, 0.6) is 0 Å². The predicted octanol–water partition coefficient (Wildman–Crippen LogP) is 3.59. The van der Waals surface area contributed by atoms with Gasteiger partial charge in [-0.05, 0) is 43.4 Å². The van der Waals surface area contributed by atoms with E-state index in [1.54, 1.807) is 18.2 Å². The van der Waals surface area contributed by atoms with Gasteiger partial charge in [-0.1, -0.05) is 31.5 Å². The van der Waals surface area contributed by atoms with Crippen LogP contribution in [-0.2, 0) is 9.59 Å². The lowest BCUT2D eigenvalue weighted by atomic mass is 9.90. The minimum absolute atomic E-state index is 0.0344. The molecule has 1 aromatic heterocycles. The average Bonchev–Trinajstić information content (AvgIpc) is 3.32. The second-order valence-electron chi connectivity index (χ2n) is 8.57. The fraction of sp³-hybridized carbons (Fsp3) is 0.478. The van der Waals surface area contributed by atoms with E-state index in [1.807, 2.05) is 19.9 Å². The SMILES string of the molecule is CC(C)C[C@H](CC(=O)c1cc2ccc(Cl)cc2[nH]1)C(=O)N[C@H](C#N)C[C@@H]1CCNC1=O. The van der Waals surface area contributed by atoms with E-state index in [0.29, 0.717) is 30.1 Å². The lowest BCUT2D eigenvalue weighted by Gasteiger charge is -2.21. The molecule has 164 valence electrons. The van der Waals surface area contributed by atoms with Gasteiger partial charge in [0.25, 0.3) is 0 Å². The zero-order valence-corrected chi connectivity index (χ0v) is 18.5. The number of hydrogen-bond donors (Lipinski definition) is 3. The maximum atomic E-state index is 12.9. The minimum Gasteiger partial charge on any atom is -0.356 e. The Hall–Kier alpha value is -2.85. The number of carbonyl (C=O) groups is 3. The van der Waals surface area contributed by atoms with Crippen molar-refractivity contribution in [1.29, 1.82) is 5.26 Å². The summed E-state index contributed by atoms with van der Waals surface area (Å²) in [6, 6.07) is 8.42. The van der Waals surface area contributed by atoms with E-state index < -0.39 is 12.0 Å². The van der Waals surface area contributed by atoms with Crippen LogP contribution in [-0.4, -0.2) is 35.2 Å². The van der Waals surface area contributed by atoms with Gasteiger partial charge in [0.15, 0.2) is 5.78 Å². The van der Waals surface area contributed by atoms with Crippen LogP contribution >= 0.6 is 11.6 Å². The standard InChI is InChI=1S/C23H27ClN4O3/c1-13(2)7-16(23(31)27-18(12-25)8-15-5-6-26-22(15)30)10-21(29)20-9-14-3-4-17(24)11-19(14)28-20/h3-4,9,11,13,15-16,18,28H,5-8,10H2,1-2H3,(H,26,30)(H,27,31)/t15-,16+,18-/m0/s1. The number of nitrogens with one attached hydrogen (secondary N) is 3. The van der Waals surface area contributed by atoms with Crippen LogP contribution in [0.1, 0.15) is 50.0 Å². The Balaban J connectivity index is 1.69. The van der Waals surface area contributed by atoms with Gasteiger partial charge in [0.05, 0.1) is 11.8 Å². The van der Waals surface area contributed by atoms with Crippen molar-refractivity contribution in [3.8, 4) is 6.07 Å². The number of halogens is 1. The number of hydrogen-bond acceptors (Lipinski definition) is 4. The molecule has 3 rings (SSSR count). The molecule has 0 unspecified atom stereocenters. The molecule has 2 amide bonds. The highest BCUT2D eigenvalue weighted by atomic mass is 35.5. The molecule has 7 nitrogen and oxygen atoms in total. The average molecular weight is 443 g/mol. The smallest absolute Gasteiger partial charge is 0.224 e. The monoisotopic (exact) mass is 442 g/mol. The maximum Gasteiger partial charge on any atom is 0.224 e. The third-order valence-electron chi connectivity index (χ3n) is 5.60. The highest BCUT2D eigenvalue weighted by Crippen LogP contribution is 2.24. The zero-order chi connectivity index (χ0) is 22.5. The van der Waals surface area contributed by atoms with Gasteiger partial charge in [-0.25, -0.2) is 0 Å². The molecule has 1 fully saturated rings. The molecule has 2 heterocycles. The van der Waals surface area contributed by atoms with Crippen molar-refractivity contribution in [3.05, 3.63) is 35.0 Å². The first kappa shape index (κ1) is 22.8. The summed E-state index contributed by atoms with van der Waals surface area (Å²) in [6.07, 6.45) is 1.49. The topological polar surface area (TPSA) is 115 Å². The number of amides is 2. The summed E-state index contributed by atoms with van der Waals surface area (Å²) in [6.45, 7) is 4.57. The Kier molecular flexibility index (Phi) is 7.34. The molecule has 0 aliphatic carbocycles. The largest absolute Gasteiger partial charge is 0.356 e. The number of rotatable bonds is 9. The van der Waals surface area contributed by atoms with Crippen LogP contribution in [0.3, 0.4) is 0 Å². The normalized spacial score (nSPS) is 17.9. The van der Waals surface area contributed by atoms with E-state index in [4.69, 9.17) is 11.6 Å². The first-order valence-electron chi connectivity index (χ1n) is 10.6. The number of ketones is 1. The van der Waals surface area contributed by atoms with E-state index in [0.717, 1.165) is 10.9 Å². The summed E-state index contributed by atoms with van der Waals surface area (Å²) in [5, 5.41) is 16.4. The highest BCUT2D eigenvalue weighted by molar-refractivity contribution is 6.31. The molecule has 2 aromatic rings. The summed E-state index contributed by atoms with van der Waals surface area (Å²) in [5.74, 6) is -1.21.